The third kappa shape index (κ3) is 1.85. The normalized spacial score (nSPS) is 10.9. The summed E-state index contributed by atoms with van der Waals surface area (Å²) in [6.45, 7) is 1.73. The third-order valence-corrected chi connectivity index (χ3v) is 3.46. The molecule has 0 atom stereocenters. The van der Waals surface area contributed by atoms with Crippen molar-refractivity contribution in [3.63, 3.8) is 0 Å². The number of aromatic nitrogens is 2. The summed E-state index contributed by atoms with van der Waals surface area (Å²) in [7, 11) is 0. The molecule has 0 aliphatic rings. The van der Waals surface area contributed by atoms with Gasteiger partial charge in [-0.1, -0.05) is 29.8 Å². The molecule has 5 heteroatoms. The maximum atomic E-state index is 12.6. The lowest BCUT2D eigenvalue weighted by Gasteiger charge is -2.12. The van der Waals surface area contributed by atoms with Gasteiger partial charge < -0.3 is 5.11 Å². The van der Waals surface area contributed by atoms with Crippen molar-refractivity contribution in [3.05, 3.63) is 63.7 Å². The number of hydrogen-bond acceptors (Lipinski definition) is 3. The number of phenols is 1. The minimum atomic E-state index is -0.335. The maximum Gasteiger partial charge on any atom is 0.269 e. The Morgan fingerprint density at radius 3 is 2.65 bits per heavy atom. The second kappa shape index (κ2) is 4.65. The molecule has 4 nitrogen and oxygen atoms in total. The molecular formula is C15H11ClN2O2. The quantitative estimate of drug-likeness (QED) is 0.748. The summed E-state index contributed by atoms with van der Waals surface area (Å²) in [6, 6.07) is 11.9. The van der Waals surface area contributed by atoms with Gasteiger partial charge in [0.2, 0.25) is 0 Å². The molecular weight excluding hydrogens is 276 g/mol. The van der Waals surface area contributed by atoms with E-state index in [1.807, 2.05) is 0 Å². The molecule has 1 aromatic heterocycles. The Bertz CT molecular complexity index is 871. The van der Waals surface area contributed by atoms with Crippen molar-refractivity contribution >= 4 is 22.5 Å². The van der Waals surface area contributed by atoms with Crippen LogP contribution in [0, 0.1) is 6.92 Å². The Labute approximate surface area is 119 Å². The van der Waals surface area contributed by atoms with E-state index in [2.05, 4.69) is 4.98 Å². The molecule has 0 radical (unpaired) electrons. The number of hydrogen-bond donors (Lipinski definition) is 1. The zero-order chi connectivity index (χ0) is 14.3. The first-order valence-electron chi connectivity index (χ1n) is 6.06. The van der Waals surface area contributed by atoms with E-state index in [-0.39, 0.29) is 16.7 Å². The van der Waals surface area contributed by atoms with E-state index in [9.17, 15) is 9.90 Å². The average molecular weight is 287 g/mol. The van der Waals surface area contributed by atoms with E-state index in [1.165, 1.54) is 10.6 Å². The number of halogens is 1. The molecule has 0 saturated carbocycles. The standard InChI is InChI=1S/C15H11ClN2O2/c1-9-17-11-6-4-8-13(19)14(11)15(20)18(9)12-7-3-2-5-10(12)16/h2-8,19H,1H3. The van der Waals surface area contributed by atoms with E-state index >= 15 is 0 Å². The summed E-state index contributed by atoms with van der Waals surface area (Å²) >= 11 is 6.14. The largest absolute Gasteiger partial charge is 0.507 e. The smallest absolute Gasteiger partial charge is 0.269 e. The molecule has 3 rings (SSSR count). The fourth-order valence-electron chi connectivity index (χ4n) is 2.24. The van der Waals surface area contributed by atoms with Crippen LogP contribution < -0.4 is 5.56 Å². The topological polar surface area (TPSA) is 55.1 Å². The Morgan fingerprint density at radius 2 is 1.90 bits per heavy atom. The summed E-state index contributed by atoms with van der Waals surface area (Å²) in [5, 5.41) is 10.5. The third-order valence-electron chi connectivity index (χ3n) is 3.14. The fourth-order valence-corrected chi connectivity index (χ4v) is 2.46. The molecule has 0 aliphatic carbocycles. The number of aryl methyl sites for hydroxylation is 1. The van der Waals surface area contributed by atoms with Gasteiger partial charge in [0.15, 0.2) is 0 Å². The molecule has 20 heavy (non-hydrogen) atoms. The summed E-state index contributed by atoms with van der Waals surface area (Å²) in [5.41, 5.74) is 0.684. The number of benzene rings is 2. The molecule has 0 unspecified atom stereocenters. The Morgan fingerprint density at radius 1 is 1.15 bits per heavy atom. The predicted octanol–water partition coefficient (Wildman–Crippen LogP) is 3.05. The van der Waals surface area contributed by atoms with Gasteiger partial charge >= 0.3 is 0 Å². The lowest BCUT2D eigenvalue weighted by Crippen LogP contribution is -2.22. The number of rotatable bonds is 1. The molecule has 0 amide bonds. The van der Waals surface area contributed by atoms with Gasteiger partial charge in [0, 0.05) is 0 Å². The van der Waals surface area contributed by atoms with E-state index in [4.69, 9.17) is 11.6 Å². The van der Waals surface area contributed by atoms with Crippen molar-refractivity contribution in [1.29, 1.82) is 0 Å². The summed E-state index contributed by atoms with van der Waals surface area (Å²) in [6.07, 6.45) is 0. The van der Waals surface area contributed by atoms with E-state index < -0.39 is 0 Å². The number of fused-ring (bicyclic) bond motifs is 1. The van der Waals surface area contributed by atoms with Crippen LogP contribution in [0.25, 0.3) is 16.6 Å². The van der Waals surface area contributed by atoms with Crippen LogP contribution in [0.1, 0.15) is 5.82 Å². The molecule has 1 heterocycles. The number of para-hydroxylation sites is 1. The molecule has 0 fully saturated rings. The SMILES string of the molecule is Cc1nc2cccc(O)c2c(=O)n1-c1ccccc1Cl. The van der Waals surface area contributed by atoms with Crippen molar-refractivity contribution in [2.45, 2.75) is 6.92 Å². The van der Waals surface area contributed by atoms with Crippen molar-refractivity contribution in [3.8, 4) is 11.4 Å². The molecule has 2 aromatic carbocycles. The summed E-state index contributed by atoms with van der Waals surface area (Å²) in [4.78, 5) is 17.0. The van der Waals surface area contributed by atoms with Crippen molar-refractivity contribution in [2.24, 2.45) is 0 Å². The van der Waals surface area contributed by atoms with Gasteiger partial charge in [-0.15, -0.1) is 0 Å². The van der Waals surface area contributed by atoms with Gasteiger partial charge in [-0.2, -0.15) is 0 Å². The van der Waals surface area contributed by atoms with E-state index in [1.54, 1.807) is 43.3 Å². The van der Waals surface area contributed by atoms with Crippen molar-refractivity contribution in [2.75, 3.05) is 0 Å². The fraction of sp³-hybridized carbons (Fsp3) is 0.0667. The van der Waals surface area contributed by atoms with Crippen LogP contribution in [0.3, 0.4) is 0 Å². The van der Waals surface area contributed by atoms with Crippen molar-refractivity contribution in [1.82, 2.24) is 9.55 Å². The van der Waals surface area contributed by atoms with Crippen LogP contribution in [-0.4, -0.2) is 14.7 Å². The Kier molecular flexibility index (Phi) is 2.95. The highest BCUT2D eigenvalue weighted by Gasteiger charge is 2.14. The number of nitrogens with zero attached hydrogens (tertiary/aromatic N) is 2. The van der Waals surface area contributed by atoms with Crippen LogP contribution >= 0.6 is 11.6 Å². The molecule has 100 valence electrons. The molecule has 0 saturated heterocycles. The Balaban J connectivity index is 2.47. The highest BCUT2D eigenvalue weighted by Crippen LogP contribution is 2.23. The monoisotopic (exact) mass is 286 g/mol. The van der Waals surface area contributed by atoms with Crippen LogP contribution in [0.4, 0.5) is 0 Å². The van der Waals surface area contributed by atoms with Gasteiger partial charge in [-0.05, 0) is 31.2 Å². The highest BCUT2D eigenvalue weighted by atomic mass is 35.5. The summed E-state index contributed by atoms with van der Waals surface area (Å²) in [5.74, 6) is 0.432. The Hall–Kier alpha value is -2.33. The maximum absolute atomic E-state index is 12.6. The lowest BCUT2D eigenvalue weighted by molar-refractivity contribution is 0.481. The zero-order valence-corrected chi connectivity index (χ0v) is 11.4. The van der Waals surface area contributed by atoms with Gasteiger partial charge in [-0.25, -0.2) is 4.98 Å². The van der Waals surface area contributed by atoms with E-state index in [0.29, 0.717) is 22.1 Å². The van der Waals surface area contributed by atoms with E-state index in [0.717, 1.165) is 0 Å². The second-order valence-corrected chi connectivity index (χ2v) is 4.83. The van der Waals surface area contributed by atoms with Crippen LogP contribution in [0.5, 0.6) is 5.75 Å². The van der Waals surface area contributed by atoms with Gasteiger partial charge in [-0.3, -0.25) is 9.36 Å². The predicted molar refractivity (Wildman–Crippen MR) is 78.8 cm³/mol. The summed E-state index contributed by atoms with van der Waals surface area (Å²) < 4.78 is 1.41. The van der Waals surface area contributed by atoms with Crippen molar-refractivity contribution < 1.29 is 5.11 Å². The first-order chi connectivity index (χ1) is 9.59. The molecule has 0 bridgehead atoms. The molecule has 0 aliphatic heterocycles. The number of phenolic OH excluding ortho intramolecular Hbond substituents is 1. The molecule has 0 spiro atoms. The average Bonchev–Trinajstić information content (AvgIpc) is 2.40. The van der Waals surface area contributed by atoms with Gasteiger partial charge in [0.25, 0.3) is 5.56 Å². The number of aromatic hydroxyl groups is 1. The molecule has 3 aromatic rings. The van der Waals surface area contributed by atoms with Crippen LogP contribution in [0.15, 0.2) is 47.3 Å². The highest BCUT2D eigenvalue weighted by molar-refractivity contribution is 6.32. The minimum absolute atomic E-state index is 0.0826. The first kappa shape index (κ1) is 12.7. The van der Waals surface area contributed by atoms with Crippen LogP contribution in [0.2, 0.25) is 5.02 Å². The first-order valence-corrected chi connectivity index (χ1v) is 6.43. The van der Waals surface area contributed by atoms with Gasteiger partial charge in [0.05, 0.1) is 16.2 Å². The molecule has 1 N–H and O–H groups in total. The lowest BCUT2D eigenvalue weighted by atomic mass is 10.2. The van der Waals surface area contributed by atoms with Crippen LogP contribution in [-0.2, 0) is 0 Å². The second-order valence-electron chi connectivity index (χ2n) is 4.42. The van der Waals surface area contributed by atoms with Gasteiger partial charge in [0.1, 0.15) is 17.0 Å². The zero-order valence-electron chi connectivity index (χ0n) is 10.7. The minimum Gasteiger partial charge on any atom is -0.507 e.